The van der Waals surface area contributed by atoms with Gasteiger partial charge in [-0.1, -0.05) is 18.1 Å². The molecule has 1 heterocycles. The van der Waals surface area contributed by atoms with E-state index in [0.29, 0.717) is 18.5 Å². The summed E-state index contributed by atoms with van der Waals surface area (Å²) in [6.07, 6.45) is 3.96. The van der Waals surface area contributed by atoms with Gasteiger partial charge in [0.05, 0.1) is 11.8 Å². The Morgan fingerprint density at radius 1 is 1.50 bits per heavy atom. The highest BCUT2D eigenvalue weighted by Crippen LogP contribution is 2.38. The lowest BCUT2D eigenvalue weighted by Gasteiger charge is -2.26. The molecule has 0 radical (unpaired) electrons. The van der Waals surface area contributed by atoms with Crippen molar-refractivity contribution in [3.63, 3.8) is 0 Å². The molecule has 14 heavy (non-hydrogen) atoms. The molecule has 1 aliphatic carbocycles. The molecule has 1 saturated carbocycles. The van der Waals surface area contributed by atoms with Crippen LogP contribution in [0.5, 0.6) is 0 Å². The molecule has 1 aromatic heterocycles. The van der Waals surface area contributed by atoms with E-state index in [4.69, 9.17) is 0 Å². The average Bonchev–Trinajstić information content (AvgIpc) is 2.74. The van der Waals surface area contributed by atoms with Gasteiger partial charge in [0, 0.05) is 7.05 Å². The van der Waals surface area contributed by atoms with Crippen molar-refractivity contribution in [1.82, 2.24) is 15.0 Å². The number of aromatic nitrogens is 3. The molecule has 5 nitrogen and oxygen atoms in total. The molecule has 0 amide bonds. The fraction of sp³-hybridized carbons (Fsp3) is 0.778. The van der Waals surface area contributed by atoms with Crippen molar-refractivity contribution in [3.05, 3.63) is 11.9 Å². The summed E-state index contributed by atoms with van der Waals surface area (Å²) in [5.41, 5.74) is -0.535. The van der Waals surface area contributed by atoms with Crippen LogP contribution in [0.25, 0.3) is 0 Å². The van der Waals surface area contributed by atoms with Crippen molar-refractivity contribution >= 4 is 0 Å². The Kier molecular flexibility index (Phi) is 2.28. The highest BCUT2D eigenvalue weighted by atomic mass is 16.3. The molecule has 2 N–H and O–H groups in total. The number of aliphatic hydroxyl groups excluding tert-OH is 1. The maximum absolute atomic E-state index is 10.1. The molecule has 2 rings (SSSR count). The summed E-state index contributed by atoms with van der Waals surface area (Å²) in [5.74, 6) is 0. The van der Waals surface area contributed by atoms with Crippen molar-refractivity contribution in [2.75, 3.05) is 0 Å². The zero-order chi connectivity index (χ0) is 10.2. The van der Waals surface area contributed by atoms with Crippen molar-refractivity contribution in [2.45, 2.75) is 37.4 Å². The second kappa shape index (κ2) is 3.33. The lowest BCUT2D eigenvalue weighted by molar-refractivity contribution is -0.0738. The zero-order valence-electron chi connectivity index (χ0n) is 8.22. The Morgan fingerprint density at radius 3 is 2.64 bits per heavy atom. The van der Waals surface area contributed by atoms with E-state index in [9.17, 15) is 10.2 Å². The van der Waals surface area contributed by atoms with Gasteiger partial charge in [-0.25, -0.2) is 0 Å². The first kappa shape index (κ1) is 9.61. The summed E-state index contributed by atoms with van der Waals surface area (Å²) >= 11 is 0. The van der Waals surface area contributed by atoms with Crippen LogP contribution < -0.4 is 0 Å². The molecule has 0 saturated heterocycles. The maximum Gasteiger partial charge on any atom is 0.128 e. The van der Waals surface area contributed by atoms with E-state index in [-0.39, 0.29) is 0 Å². The van der Waals surface area contributed by atoms with Crippen molar-refractivity contribution < 1.29 is 10.2 Å². The van der Waals surface area contributed by atoms with Gasteiger partial charge in [0.25, 0.3) is 0 Å². The number of aryl methyl sites for hydroxylation is 1. The van der Waals surface area contributed by atoms with Crippen molar-refractivity contribution in [3.8, 4) is 0 Å². The zero-order valence-corrected chi connectivity index (χ0v) is 8.22. The summed E-state index contributed by atoms with van der Waals surface area (Å²) in [4.78, 5) is 0. The third kappa shape index (κ3) is 1.53. The number of rotatable bonds is 2. The van der Waals surface area contributed by atoms with E-state index >= 15 is 0 Å². The SMILES string of the molecule is Cn1cc(C(O)C2(O)CCCC2)nn1. The van der Waals surface area contributed by atoms with Gasteiger partial charge in [0.2, 0.25) is 0 Å². The summed E-state index contributed by atoms with van der Waals surface area (Å²) in [6.45, 7) is 0. The van der Waals surface area contributed by atoms with Gasteiger partial charge in [-0.05, 0) is 12.8 Å². The second-order valence-corrected chi connectivity index (χ2v) is 4.03. The lowest BCUT2D eigenvalue weighted by Crippen LogP contribution is -2.33. The third-order valence-electron chi connectivity index (χ3n) is 2.88. The first-order valence-corrected chi connectivity index (χ1v) is 4.88. The van der Waals surface area contributed by atoms with Crippen LogP contribution in [-0.4, -0.2) is 30.8 Å². The molecule has 1 unspecified atom stereocenters. The molecule has 0 bridgehead atoms. The standard InChI is InChI=1S/C9H15N3O2/c1-12-6-7(10-11-12)8(13)9(14)4-2-3-5-9/h6,8,13-14H,2-5H2,1H3. The Bertz CT molecular complexity index is 318. The van der Waals surface area contributed by atoms with E-state index in [1.54, 1.807) is 13.2 Å². The maximum atomic E-state index is 10.1. The predicted molar refractivity (Wildman–Crippen MR) is 49.4 cm³/mol. The minimum atomic E-state index is -0.990. The number of hydrogen-bond acceptors (Lipinski definition) is 4. The van der Waals surface area contributed by atoms with Crippen LogP contribution in [0.2, 0.25) is 0 Å². The van der Waals surface area contributed by atoms with Crippen LogP contribution in [0, 0.1) is 0 Å². The third-order valence-corrected chi connectivity index (χ3v) is 2.88. The molecule has 1 fully saturated rings. The fourth-order valence-corrected chi connectivity index (χ4v) is 2.03. The summed E-state index contributed by atoms with van der Waals surface area (Å²) in [7, 11) is 1.74. The Labute approximate surface area is 82.4 Å². The summed E-state index contributed by atoms with van der Waals surface area (Å²) in [5, 5.41) is 27.6. The van der Waals surface area contributed by atoms with Crippen LogP contribution in [-0.2, 0) is 7.05 Å². The van der Waals surface area contributed by atoms with Crippen LogP contribution in [0.3, 0.4) is 0 Å². The number of nitrogens with zero attached hydrogens (tertiary/aromatic N) is 3. The number of hydrogen-bond donors (Lipinski definition) is 2. The molecule has 1 aliphatic rings. The molecule has 0 aromatic carbocycles. The largest absolute Gasteiger partial charge is 0.387 e. The van der Waals surface area contributed by atoms with Crippen LogP contribution in [0.4, 0.5) is 0 Å². The normalized spacial score (nSPS) is 22.5. The number of aliphatic hydroxyl groups is 2. The lowest BCUT2D eigenvalue weighted by atomic mass is 9.93. The molecule has 1 atom stereocenters. The van der Waals surface area contributed by atoms with E-state index < -0.39 is 11.7 Å². The van der Waals surface area contributed by atoms with E-state index in [1.165, 1.54) is 4.68 Å². The molecular formula is C9H15N3O2. The highest BCUT2D eigenvalue weighted by Gasteiger charge is 2.40. The van der Waals surface area contributed by atoms with Crippen molar-refractivity contribution in [2.24, 2.45) is 7.05 Å². The molecule has 5 heteroatoms. The van der Waals surface area contributed by atoms with E-state index in [1.807, 2.05) is 0 Å². The summed E-state index contributed by atoms with van der Waals surface area (Å²) in [6, 6.07) is 0. The Hall–Kier alpha value is -0.940. The first-order valence-electron chi connectivity index (χ1n) is 4.88. The predicted octanol–water partition coefficient (Wildman–Crippen LogP) is 0.154. The Morgan fingerprint density at radius 2 is 2.14 bits per heavy atom. The first-order chi connectivity index (χ1) is 6.62. The Balaban J connectivity index is 2.18. The summed E-state index contributed by atoms with van der Waals surface area (Å²) < 4.78 is 1.52. The molecular weight excluding hydrogens is 182 g/mol. The van der Waals surface area contributed by atoms with Crippen LogP contribution in [0.15, 0.2) is 6.20 Å². The second-order valence-electron chi connectivity index (χ2n) is 4.03. The minimum Gasteiger partial charge on any atom is -0.387 e. The van der Waals surface area contributed by atoms with Gasteiger partial charge in [-0.2, -0.15) is 0 Å². The monoisotopic (exact) mass is 197 g/mol. The van der Waals surface area contributed by atoms with Crippen LogP contribution in [0.1, 0.15) is 37.5 Å². The van der Waals surface area contributed by atoms with Crippen molar-refractivity contribution in [1.29, 1.82) is 0 Å². The topological polar surface area (TPSA) is 71.2 Å². The fourth-order valence-electron chi connectivity index (χ4n) is 2.03. The van der Waals surface area contributed by atoms with Gasteiger partial charge < -0.3 is 10.2 Å². The van der Waals surface area contributed by atoms with E-state index in [2.05, 4.69) is 10.3 Å². The van der Waals surface area contributed by atoms with Gasteiger partial charge >= 0.3 is 0 Å². The minimum absolute atomic E-state index is 0.455. The molecule has 0 spiro atoms. The van der Waals surface area contributed by atoms with E-state index in [0.717, 1.165) is 12.8 Å². The van der Waals surface area contributed by atoms with Crippen LogP contribution >= 0.6 is 0 Å². The van der Waals surface area contributed by atoms with Gasteiger partial charge in [0.1, 0.15) is 11.8 Å². The van der Waals surface area contributed by atoms with Gasteiger partial charge in [-0.3, -0.25) is 4.68 Å². The quantitative estimate of drug-likeness (QED) is 0.708. The molecule has 78 valence electrons. The molecule has 1 aromatic rings. The molecule has 0 aliphatic heterocycles. The van der Waals surface area contributed by atoms with Gasteiger partial charge in [-0.15, -0.1) is 5.10 Å². The van der Waals surface area contributed by atoms with Gasteiger partial charge in [0.15, 0.2) is 0 Å². The smallest absolute Gasteiger partial charge is 0.128 e. The highest BCUT2D eigenvalue weighted by molar-refractivity contribution is 5.06. The average molecular weight is 197 g/mol.